The quantitative estimate of drug-likeness (QED) is 0.617. The summed E-state index contributed by atoms with van der Waals surface area (Å²) in [6.07, 6.45) is 0.150. The molecule has 0 heterocycles. The van der Waals surface area contributed by atoms with E-state index in [0.717, 1.165) is 18.4 Å². The van der Waals surface area contributed by atoms with Gasteiger partial charge in [-0.25, -0.2) is 0 Å². The fraction of sp³-hybridized carbons (Fsp3) is 0.333. The zero-order valence-electron chi connectivity index (χ0n) is 10.3. The number of hydrogen-bond donors (Lipinski definition) is 0. The minimum atomic E-state index is -4.49. The van der Waals surface area contributed by atoms with Gasteiger partial charge in [0.1, 0.15) is 12.4 Å². The summed E-state index contributed by atoms with van der Waals surface area (Å²) < 4.78 is 68.6. The van der Waals surface area contributed by atoms with Gasteiger partial charge in [-0.2, -0.15) is 21.6 Å². The van der Waals surface area contributed by atoms with Gasteiger partial charge in [-0.1, -0.05) is 12.0 Å². The second-order valence-electron chi connectivity index (χ2n) is 3.79. The highest BCUT2D eigenvalue weighted by atomic mass is 32.2. The molecule has 0 aliphatic heterocycles. The van der Waals surface area contributed by atoms with E-state index in [1.165, 1.54) is 12.1 Å². The molecule has 0 N–H and O–H groups in total. The van der Waals surface area contributed by atoms with Crippen molar-refractivity contribution >= 4 is 10.1 Å². The Morgan fingerprint density at radius 2 is 2.05 bits per heavy atom. The van der Waals surface area contributed by atoms with Crippen LogP contribution in [0.5, 0.6) is 5.75 Å². The van der Waals surface area contributed by atoms with Crippen LogP contribution in [0.4, 0.5) is 13.2 Å². The van der Waals surface area contributed by atoms with Gasteiger partial charge in [0.05, 0.1) is 11.8 Å². The first-order valence-electron chi connectivity index (χ1n) is 5.26. The van der Waals surface area contributed by atoms with Crippen LogP contribution in [0.15, 0.2) is 24.3 Å². The van der Waals surface area contributed by atoms with E-state index in [2.05, 4.69) is 4.18 Å². The monoisotopic (exact) mass is 308 g/mol. The fourth-order valence-electron chi connectivity index (χ4n) is 1.25. The van der Waals surface area contributed by atoms with Crippen molar-refractivity contribution < 1.29 is 30.5 Å². The van der Waals surface area contributed by atoms with Gasteiger partial charge < -0.3 is 4.74 Å². The van der Waals surface area contributed by atoms with Crippen LogP contribution in [-0.4, -0.2) is 27.4 Å². The number of ether oxygens (including phenoxy) is 1. The van der Waals surface area contributed by atoms with Crippen molar-refractivity contribution in [1.82, 2.24) is 0 Å². The number of alkyl halides is 3. The van der Waals surface area contributed by atoms with Crippen molar-refractivity contribution in [2.45, 2.75) is 12.3 Å². The van der Waals surface area contributed by atoms with Crippen LogP contribution in [0.2, 0.25) is 0 Å². The summed E-state index contributed by atoms with van der Waals surface area (Å²) in [7, 11) is -3.77. The Hall–Kier alpha value is -1.72. The first-order valence-corrected chi connectivity index (χ1v) is 7.08. The largest absolute Gasteiger partial charge is 0.490 e. The van der Waals surface area contributed by atoms with Gasteiger partial charge in [-0.3, -0.25) is 4.18 Å². The van der Waals surface area contributed by atoms with E-state index in [4.69, 9.17) is 11.2 Å². The van der Waals surface area contributed by atoms with E-state index < -0.39 is 28.0 Å². The molecular formula is C12H11F3O4S. The van der Waals surface area contributed by atoms with E-state index in [-0.39, 0.29) is 12.4 Å². The first-order chi connectivity index (χ1) is 9.12. The number of halogens is 3. The molecule has 110 valence electrons. The average Bonchev–Trinajstić information content (AvgIpc) is 2.32. The van der Waals surface area contributed by atoms with Crippen LogP contribution < -0.4 is 4.74 Å². The maximum absolute atomic E-state index is 12.5. The van der Waals surface area contributed by atoms with Gasteiger partial charge in [0.15, 0.2) is 6.10 Å². The van der Waals surface area contributed by atoms with Crippen molar-refractivity contribution in [3.05, 3.63) is 29.8 Å². The molecule has 0 amide bonds. The normalized spacial score (nSPS) is 13.6. The Balaban J connectivity index is 2.73. The Morgan fingerprint density at radius 1 is 1.40 bits per heavy atom. The lowest BCUT2D eigenvalue weighted by Gasteiger charge is -2.13. The molecule has 0 saturated carbocycles. The summed E-state index contributed by atoms with van der Waals surface area (Å²) in [4.78, 5) is 0. The molecule has 20 heavy (non-hydrogen) atoms. The standard InChI is InChI=1S/C12H11F3O4S/c1-3-10(19-20(2,16)17)8-18-11-6-4-5-9(7-11)12(13,14)15/h1,4-7,10H,8H2,2H3/t10-/m0/s1. The highest BCUT2D eigenvalue weighted by Crippen LogP contribution is 2.31. The van der Waals surface area contributed by atoms with Gasteiger partial charge in [-0.15, -0.1) is 6.42 Å². The predicted molar refractivity (Wildman–Crippen MR) is 65.5 cm³/mol. The minimum Gasteiger partial charge on any atom is -0.490 e. The third-order valence-corrected chi connectivity index (χ3v) is 2.62. The maximum Gasteiger partial charge on any atom is 0.416 e. The van der Waals surface area contributed by atoms with Crippen molar-refractivity contribution in [3.8, 4) is 18.1 Å². The van der Waals surface area contributed by atoms with Crippen LogP contribution >= 0.6 is 0 Å². The SMILES string of the molecule is C#C[C@@H](COc1cccc(C(F)(F)F)c1)OS(C)(=O)=O. The summed E-state index contributed by atoms with van der Waals surface area (Å²) in [6.45, 7) is -0.384. The molecule has 4 nitrogen and oxygen atoms in total. The van der Waals surface area contributed by atoms with Gasteiger partial charge >= 0.3 is 6.18 Å². The number of rotatable bonds is 5. The topological polar surface area (TPSA) is 52.6 Å². The van der Waals surface area contributed by atoms with Crippen molar-refractivity contribution in [1.29, 1.82) is 0 Å². The second kappa shape index (κ2) is 6.15. The lowest BCUT2D eigenvalue weighted by atomic mass is 10.2. The molecule has 0 saturated heterocycles. The summed E-state index contributed by atoms with van der Waals surface area (Å²) in [6, 6.07) is 4.14. The Morgan fingerprint density at radius 3 is 2.55 bits per heavy atom. The summed E-state index contributed by atoms with van der Waals surface area (Å²) in [5, 5.41) is 0. The predicted octanol–water partition coefficient (Wildman–Crippen LogP) is 2.06. The minimum absolute atomic E-state index is 0.0859. The van der Waals surface area contributed by atoms with Crippen LogP contribution in [-0.2, 0) is 20.5 Å². The van der Waals surface area contributed by atoms with Gasteiger partial charge in [0.2, 0.25) is 0 Å². The van der Waals surface area contributed by atoms with Crippen LogP contribution in [0.1, 0.15) is 5.56 Å². The zero-order chi connectivity index (χ0) is 15.4. The van der Waals surface area contributed by atoms with E-state index in [1.807, 2.05) is 5.92 Å². The first kappa shape index (κ1) is 16.3. The molecule has 1 rings (SSSR count). The van der Waals surface area contributed by atoms with E-state index in [1.54, 1.807) is 0 Å². The third kappa shape index (κ3) is 5.50. The van der Waals surface area contributed by atoms with Gasteiger partial charge in [0, 0.05) is 0 Å². The Labute approximate surface area is 114 Å². The number of terminal acetylenes is 1. The van der Waals surface area contributed by atoms with Crippen molar-refractivity contribution in [3.63, 3.8) is 0 Å². The molecule has 1 aromatic rings. The summed E-state index contributed by atoms with van der Waals surface area (Å²) >= 11 is 0. The molecule has 0 spiro atoms. The summed E-state index contributed by atoms with van der Waals surface area (Å²) in [5.41, 5.74) is -0.878. The molecule has 0 aliphatic carbocycles. The van der Waals surface area contributed by atoms with Crippen LogP contribution in [0, 0.1) is 12.3 Å². The molecule has 0 bridgehead atoms. The molecule has 1 aromatic carbocycles. The molecule has 0 fully saturated rings. The Kier molecular flexibility index (Phi) is 5.03. The van der Waals surface area contributed by atoms with E-state index in [9.17, 15) is 21.6 Å². The maximum atomic E-state index is 12.5. The molecule has 0 radical (unpaired) electrons. The fourth-order valence-corrected chi connectivity index (χ4v) is 1.78. The summed E-state index contributed by atoms with van der Waals surface area (Å²) in [5.74, 6) is 1.94. The second-order valence-corrected chi connectivity index (χ2v) is 5.39. The molecule has 0 aromatic heterocycles. The Bertz CT molecular complexity index is 602. The average molecular weight is 308 g/mol. The molecule has 1 atom stereocenters. The van der Waals surface area contributed by atoms with Crippen LogP contribution in [0.3, 0.4) is 0 Å². The lowest BCUT2D eigenvalue weighted by molar-refractivity contribution is -0.137. The van der Waals surface area contributed by atoms with Crippen molar-refractivity contribution in [2.24, 2.45) is 0 Å². The number of benzene rings is 1. The lowest BCUT2D eigenvalue weighted by Crippen LogP contribution is -2.23. The van der Waals surface area contributed by atoms with Gasteiger partial charge in [0.25, 0.3) is 10.1 Å². The molecule has 8 heteroatoms. The van der Waals surface area contributed by atoms with E-state index in [0.29, 0.717) is 0 Å². The smallest absolute Gasteiger partial charge is 0.416 e. The number of hydrogen-bond acceptors (Lipinski definition) is 4. The van der Waals surface area contributed by atoms with Gasteiger partial charge in [-0.05, 0) is 18.2 Å². The highest BCUT2D eigenvalue weighted by Gasteiger charge is 2.30. The molecular weight excluding hydrogens is 297 g/mol. The van der Waals surface area contributed by atoms with Crippen molar-refractivity contribution in [2.75, 3.05) is 12.9 Å². The van der Waals surface area contributed by atoms with Crippen LogP contribution in [0.25, 0.3) is 0 Å². The van der Waals surface area contributed by atoms with E-state index >= 15 is 0 Å². The zero-order valence-corrected chi connectivity index (χ0v) is 11.2. The highest BCUT2D eigenvalue weighted by molar-refractivity contribution is 7.86. The molecule has 0 aliphatic rings. The molecule has 0 unspecified atom stereocenters. The third-order valence-electron chi connectivity index (χ3n) is 2.04.